The van der Waals surface area contributed by atoms with Crippen LogP contribution in [0.25, 0.3) is 0 Å². The molecule has 2 saturated heterocycles. The minimum atomic E-state index is -1.14. The van der Waals surface area contributed by atoms with Gasteiger partial charge in [0.05, 0.1) is 6.61 Å². The molecule has 0 amide bonds. The largest absolute Gasteiger partial charge is 0.504 e. The highest BCUT2D eigenvalue weighted by Gasteiger charge is 2.66. The number of carbonyl (C=O) groups excluding carboxylic acids is 2. The van der Waals surface area contributed by atoms with Crippen LogP contribution in [-0.2, 0) is 14.4 Å². The smallest absolute Gasteiger partial charge is 0.236 e. The van der Waals surface area contributed by atoms with E-state index in [1.165, 1.54) is 22.9 Å². The molecule has 0 radical (unpaired) electrons. The van der Waals surface area contributed by atoms with Crippen molar-refractivity contribution in [2.24, 2.45) is 0 Å². The lowest BCUT2D eigenvalue weighted by molar-refractivity contribution is -0.193. The first kappa shape index (κ1) is 14.4. The lowest BCUT2D eigenvalue weighted by Gasteiger charge is -2.29. The monoisotopic (exact) mass is 309 g/mol. The van der Waals surface area contributed by atoms with Crippen molar-refractivity contribution >= 4 is 23.3 Å². The van der Waals surface area contributed by atoms with Gasteiger partial charge in [-0.2, -0.15) is 0 Å². The third-order valence-electron chi connectivity index (χ3n) is 3.56. The van der Waals surface area contributed by atoms with Crippen LogP contribution in [0.5, 0.6) is 11.5 Å². The van der Waals surface area contributed by atoms with Crippen molar-refractivity contribution in [3.8, 4) is 11.5 Å². The van der Waals surface area contributed by atoms with Crippen LogP contribution in [0.1, 0.15) is 6.92 Å². The molecular formula is C14H15NO5S. The number of hydroxylamine groups is 2. The molecule has 7 heteroatoms. The van der Waals surface area contributed by atoms with Crippen molar-refractivity contribution in [2.75, 3.05) is 19.0 Å². The zero-order valence-electron chi connectivity index (χ0n) is 11.4. The summed E-state index contributed by atoms with van der Waals surface area (Å²) < 4.78 is 5.57. The van der Waals surface area contributed by atoms with E-state index in [1.54, 1.807) is 25.1 Å². The van der Waals surface area contributed by atoms with Crippen molar-refractivity contribution in [2.45, 2.75) is 17.8 Å². The number of fused-ring (bicyclic) bond motifs is 2. The number of phenols is 1. The Hall–Kier alpha value is -1.57. The number of Topliss-reactive ketones (excluding diaryl/α,β-unsaturated/α-hetero) is 2. The number of para-hydroxylation sites is 2. The summed E-state index contributed by atoms with van der Waals surface area (Å²) >= 11 is 1.35. The van der Waals surface area contributed by atoms with E-state index >= 15 is 0 Å². The molecule has 21 heavy (non-hydrogen) atoms. The highest BCUT2D eigenvalue weighted by molar-refractivity contribution is 8.02. The molecule has 6 nitrogen and oxygen atoms in total. The van der Waals surface area contributed by atoms with Crippen molar-refractivity contribution in [3.63, 3.8) is 0 Å². The van der Waals surface area contributed by atoms with E-state index in [0.29, 0.717) is 12.4 Å². The first-order valence-corrected chi connectivity index (χ1v) is 7.64. The molecule has 2 aliphatic rings. The van der Waals surface area contributed by atoms with Crippen LogP contribution in [0.15, 0.2) is 24.3 Å². The minimum Gasteiger partial charge on any atom is -0.504 e. The number of benzene rings is 1. The van der Waals surface area contributed by atoms with Crippen LogP contribution in [0.2, 0.25) is 0 Å². The van der Waals surface area contributed by atoms with Crippen LogP contribution < -0.4 is 4.74 Å². The Labute approximate surface area is 126 Å². The van der Waals surface area contributed by atoms with Crippen LogP contribution in [0.4, 0.5) is 0 Å². The quantitative estimate of drug-likeness (QED) is 0.813. The number of nitrogens with zero attached hydrogens (tertiary/aromatic N) is 1. The lowest BCUT2D eigenvalue weighted by atomic mass is 10.1. The summed E-state index contributed by atoms with van der Waals surface area (Å²) in [6.07, 6.45) is 0. The topological polar surface area (TPSA) is 76.1 Å². The Bertz CT molecular complexity index is 592. The number of ketones is 2. The van der Waals surface area contributed by atoms with E-state index in [4.69, 9.17) is 9.57 Å². The summed E-state index contributed by atoms with van der Waals surface area (Å²) in [5, 5.41) is 11.2. The van der Waals surface area contributed by atoms with Gasteiger partial charge in [0.15, 0.2) is 16.4 Å². The molecule has 0 saturated carbocycles. The Morgan fingerprint density at radius 3 is 2.90 bits per heavy atom. The maximum Gasteiger partial charge on any atom is 0.236 e. The molecule has 112 valence electrons. The minimum absolute atomic E-state index is 0.00632. The number of phenolic OH excluding ortho intramolecular Hbond substituents is 1. The van der Waals surface area contributed by atoms with E-state index < -0.39 is 22.5 Å². The highest BCUT2D eigenvalue weighted by atomic mass is 32.2. The van der Waals surface area contributed by atoms with Gasteiger partial charge in [0, 0.05) is 5.75 Å². The summed E-state index contributed by atoms with van der Waals surface area (Å²) in [4.78, 5) is 28.5. The number of carbonyl (C=O) groups is 2. The molecule has 0 aliphatic carbocycles. The fourth-order valence-corrected chi connectivity index (χ4v) is 3.95. The highest BCUT2D eigenvalue weighted by Crippen LogP contribution is 2.47. The van der Waals surface area contributed by atoms with Gasteiger partial charge in [0.1, 0.15) is 12.6 Å². The summed E-state index contributed by atoms with van der Waals surface area (Å²) in [5.41, 5.74) is 0. The molecule has 1 aromatic rings. The number of ether oxygens (including phenoxy) is 1. The number of thioether (sulfide) groups is 1. The number of rotatable bonds is 5. The van der Waals surface area contributed by atoms with Gasteiger partial charge in [-0.05, 0) is 19.1 Å². The molecule has 2 heterocycles. The number of hydrogen-bond acceptors (Lipinski definition) is 7. The van der Waals surface area contributed by atoms with E-state index in [2.05, 4.69) is 0 Å². The van der Waals surface area contributed by atoms with Gasteiger partial charge in [-0.1, -0.05) is 12.1 Å². The normalized spacial score (nSPS) is 28.3. The molecule has 2 aliphatic heterocycles. The zero-order chi connectivity index (χ0) is 15.0. The van der Waals surface area contributed by atoms with Gasteiger partial charge in [-0.3, -0.25) is 14.4 Å². The second kappa shape index (κ2) is 5.32. The Kier molecular flexibility index (Phi) is 3.64. The SMILES string of the molecule is CCON1C2CSC1(COc1ccccc1O)C(=O)C2=O. The molecule has 1 N–H and O–H groups in total. The maximum atomic E-state index is 12.2. The Morgan fingerprint density at radius 1 is 1.43 bits per heavy atom. The third kappa shape index (κ3) is 2.12. The van der Waals surface area contributed by atoms with E-state index in [9.17, 15) is 14.7 Å². The first-order chi connectivity index (χ1) is 10.1. The Morgan fingerprint density at radius 2 is 2.19 bits per heavy atom. The van der Waals surface area contributed by atoms with E-state index in [1.807, 2.05) is 0 Å². The first-order valence-electron chi connectivity index (χ1n) is 6.66. The summed E-state index contributed by atoms with van der Waals surface area (Å²) in [6.45, 7) is 2.13. The third-order valence-corrected chi connectivity index (χ3v) is 5.00. The maximum absolute atomic E-state index is 12.2. The van der Waals surface area contributed by atoms with Gasteiger partial charge in [0.25, 0.3) is 0 Å². The average Bonchev–Trinajstić information content (AvgIpc) is 2.92. The zero-order valence-corrected chi connectivity index (χ0v) is 12.3. The number of hydrogen-bond donors (Lipinski definition) is 1. The molecule has 1 aromatic carbocycles. The second-order valence-corrected chi connectivity index (χ2v) is 6.10. The summed E-state index contributed by atoms with van der Waals surface area (Å²) in [6, 6.07) is 5.97. The molecule has 0 spiro atoms. The molecular weight excluding hydrogens is 294 g/mol. The van der Waals surface area contributed by atoms with Crippen molar-refractivity contribution in [3.05, 3.63) is 24.3 Å². The van der Waals surface area contributed by atoms with Crippen molar-refractivity contribution < 1.29 is 24.3 Å². The number of aromatic hydroxyl groups is 1. The molecule has 2 atom stereocenters. The molecule has 3 rings (SSSR count). The van der Waals surface area contributed by atoms with E-state index in [0.717, 1.165) is 0 Å². The summed E-state index contributed by atoms with van der Waals surface area (Å²) in [7, 11) is 0. The van der Waals surface area contributed by atoms with Crippen LogP contribution >= 0.6 is 11.8 Å². The van der Waals surface area contributed by atoms with Gasteiger partial charge in [-0.15, -0.1) is 16.8 Å². The molecule has 2 fully saturated rings. The van der Waals surface area contributed by atoms with Gasteiger partial charge < -0.3 is 9.84 Å². The standard InChI is InChI=1S/C14H15NO5S/c1-2-20-15-9-7-21-14(15,13(18)12(9)17)8-19-11-6-4-3-5-10(11)16/h3-6,9,16H,2,7-8H2,1H3. The predicted octanol–water partition coefficient (Wildman–Crippen LogP) is 0.988. The lowest BCUT2D eigenvalue weighted by Crippen LogP contribution is -2.48. The molecule has 0 aromatic heterocycles. The fourth-order valence-electron chi connectivity index (χ4n) is 2.55. The van der Waals surface area contributed by atoms with E-state index in [-0.39, 0.29) is 18.1 Å². The second-order valence-electron chi connectivity index (χ2n) is 4.80. The average molecular weight is 309 g/mol. The molecule has 2 bridgehead atoms. The van der Waals surface area contributed by atoms with Gasteiger partial charge >= 0.3 is 0 Å². The van der Waals surface area contributed by atoms with Crippen LogP contribution in [0.3, 0.4) is 0 Å². The van der Waals surface area contributed by atoms with Crippen LogP contribution in [0, 0.1) is 0 Å². The van der Waals surface area contributed by atoms with Crippen molar-refractivity contribution in [1.82, 2.24) is 5.06 Å². The van der Waals surface area contributed by atoms with Crippen LogP contribution in [-0.4, -0.2) is 51.6 Å². The van der Waals surface area contributed by atoms with Gasteiger partial charge in [-0.25, -0.2) is 0 Å². The van der Waals surface area contributed by atoms with Crippen molar-refractivity contribution in [1.29, 1.82) is 0 Å². The van der Waals surface area contributed by atoms with Gasteiger partial charge in [0.2, 0.25) is 11.6 Å². The summed E-state index contributed by atoms with van der Waals surface area (Å²) in [5.74, 6) is -0.141. The molecule has 2 unspecified atom stereocenters. The predicted molar refractivity (Wildman–Crippen MR) is 76.1 cm³/mol. The fraction of sp³-hybridized carbons (Fsp3) is 0.429. The Balaban J connectivity index is 1.83.